The summed E-state index contributed by atoms with van der Waals surface area (Å²) in [7, 11) is 0. The van der Waals surface area contributed by atoms with Crippen LogP contribution in [0.5, 0.6) is 5.75 Å². The molecule has 0 saturated carbocycles. The highest BCUT2D eigenvalue weighted by Crippen LogP contribution is 2.46. The summed E-state index contributed by atoms with van der Waals surface area (Å²) >= 11 is 0. The number of carbonyl (C=O) groups excluding carboxylic acids is 1. The van der Waals surface area contributed by atoms with Gasteiger partial charge in [0, 0.05) is 61.8 Å². The van der Waals surface area contributed by atoms with E-state index in [-0.39, 0.29) is 22.5 Å². The van der Waals surface area contributed by atoms with Crippen LogP contribution in [0.2, 0.25) is 0 Å². The molecule has 4 aliphatic rings. The SMILES string of the molecule is CC1(C)Cc2cc(NC(=O)/C(C=N)=C3\N=CC=CN3)c(N3CC[C@@]4(CCOC4)C3)cc2O1. The van der Waals surface area contributed by atoms with Crippen molar-refractivity contribution in [2.45, 2.75) is 38.7 Å². The monoisotopic (exact) mass is 435 g/mol. The van der Waals surface area contributed by atoms with Crippen molar-refractivity contribution in [2.75, 3.05) is 36.5 Å². The predicted molar refractivity (Wildman–Crippen MR) is 125 cm³/mol. The Morgan fingerprint density at radius 2 is 2.22 bits per heavy atom. The number of hydrogen-bond acceptors (Lipinski definition) is 7. The summed E-state index contributed by atoms with van der Waals surface area (Å²) in [6, 6.07) is 4.09. The van der Waals surface area contributed by atoms with Gasteiger partial charge in [-0.05, 0) is 38.8 Å². The zero-order valence-corrected chi connectivity index (χ0v) is 18.5. The number of rotatable bonds is 4. The maximum absolute atomic E-state index is 13.2. The van der Waals surface area contributed by atoms with E-state index in [1.54, 1.807) is 18.5 Å². The summed E-state index contributed by atoms with van der Waals surface area (Å²) in [6.45, 7) is 7.56. The Morgan fingerprint density at radius 1 is 1.34 bits per heavy atom. The van der Waals surface area contributed by atoms with Gasteiger partial charge >= 0.3 is 0 Å². The van der Waals surface area contributed by atoms with E-state index >= 15 is 0 Å². The quantitative estimate of drug-likeness (QED) is 0.499. The van der Waals surface area contributed by atoms with Crippen molar-refractivity contribution in [3.8, 4) is 5.75 Å². The molecule has 5 rings (SSSR count). The number of ether oxygens (including phenoxy) is 2. The van der Waals surface area contributed by atoms with E-state index in [9.17, 15) is 4.79 Å². The van der Waals surface area contributed by atoms with Crippen molar-refractivity contribution in [3.05, 3.63) is 41.4 Å². The molecule has 1 spiro atoms. The third-order valence-electron chi connectivity index (χ3n) is 6.64. The lowest BCUT2D eigenvalue weighted by Gasteiger charge is -2.26. The van der Waals surface area contributed by atoms with Gasteiger partial charge in [0.1, 0.15) is 17.2 Å². The highest BCUT2D eigenvalue weighted by atomic mass is 16.5. The molecule has 0 radical (unpaired) electrons. The smallest absolute Gasteiger partial charge is 0.261 e. The molecular formula is C24H29N5O3. The minimum atomic E-state index is -0.368. The first-order valence-electron chi connectivity index (χ1n) is 11.1. The van der Waals surface area contributed by atoms with E-state index in [0.29, 0.717) is 5.82 Å². The topological polar surface area (TPSA) is 99.0 Å². The van der Waals surface area contributed by atoms with Crippen LogP contribution in [0.15, 0.2) is 40.8 Å². The first-order valence-corrected chi connectivity index (χ1v) is 11.1. The fraction of sp³-hybridized carbons (Fsp3) is 0.458. The summed E-state index contributed by atoms with van der Waals surface area (Å²) in [5, 5.41) is 13.8. The molecule has 2 saturated heterocycles. The summed E-state index contributed by atoms with van der Waals surface area (Å²) < 4.78 is 11.9. The third-order valence-corrected chi connectivity index (χ3v) is 6.64. The highest BCUT2D eigenvalue weighted by molar-refractivity contribution is 6.18. The van der Waals surface area contributed by atoms with Gasteiger partial charge < -0.3 is 30.4 Å². The molecule has 1 amide bonds. The van der Waals surface area contributed by atoms with E-state index in [1.807, 2.05) is 6.07 Å². The fourth-order valence-corrected chi connectivity index (χ4v) is 5.02. The third kappa shape index (κ3) is 3.79. The average Bonchev–Trinajstić information content (AvgIpc) is 3.47. The molecule has 0 unspecified atom stereocenters. The molecule has 8 heteroatoms. The van der Waals surface area contributed by atoms with Crippen LogP contribution in [0.1, 0.15) is 32.3 Å². The lowest BCUT2D eigenvalue weighted by Crippen LogP contribution is -2.28. The number of aliphatic imine (C=N–C) groups is 1. The first kappa shape index (κ1) is 20.8. The van der Waals surface area contributed by atoms with Crippen LogP contribution in [-0.2, 0) is 16.0 Å². The van der Waals surface area contributed by atoms with E-state index in [4.69, 9.17) is 14.9 Å². The summed E-state index contributed by atoms with van der Waals surface area (Å²) in [5.41, 5.74) is 2.86. The Hall–Kier alpha value is -3.13. The number of nitrogens with zero attached hydrogens (tertiary/aromatic N) is 2. The van der Waals surface area contributed by atoms with Gasteiger partial charge in [-0.15, -0.1) is 0 Å². The zero-order chi connectivity index (χ0) is 22.3. The maximum Gasteiger partial charge on any atom is 0.261 e. The number of fused-ring (bicyclic) bond motifs is 1. The summed E-state index contributed by atoms with van der Waals surface area (Å²) in [6.07, 6.45) is 8.97. The second-order valence-electron chi connectivity index (χ2n) is 9.63. The fourth-order valence-electron chi connectivity index (χ4n) is 5.02. The zero-order valence-electron chi connectivity index (χ0n) is 18.5. The van der Waals surface area contributed by atoms with Gasteiger partial charge in [0.2, 0.25) is 0 Å². The minimum absolute atomic E-state index is 0.177. The number of allylic oxidation sites excluding steroid dienone is 1. The lowest BCUT2D eigenvalue weighted by atomic mass is 9.87. The van der Waals surface area contributed by atoms with Gasteiger partial charge in [-0.3, -0.25) is 4.79 Å². The van der Waals surface area contributed by atoms with E-state index in [2.05, 4.69) is 40.4 Å². The summed E-state index contributed by atoms with van der Waals surface area (Å²) in [5.74, 6) is 0.865. The van der Waals surface area contributed by atoms with Crippen molar-refractivity contribution >= 4 is 29.7 Å². The van der Waals surface area contributed by atoms with Crippen molar-refractivity contribution in [1.82, 2.24) is 5.32 Å². The van der Waals surface area contributed by atoms with E-state index < -0.39 is 0 Å². The largest absolute Gasteiger partial charge is 0.487 e. The van der Waals surface area contributed by atoms with E-state index in [1.165, 1.54) is 0 Å². The van der Waals surface area contributed by atoms with Crippen molar-refractivity contribution < 1.29 is 14.3 Å². The Labute approximate surface area is 187 Å². The second-order valence-corrected chi connectivity index (χ2v) is 9.63. The minimum Gasteiger partial charge on any atom is -0.487 e. The molecule has 1 aromatic rings. The predicted octanol–water partition coefficient (Wildman–Crippen LogP) is 3.00. The molecule has 1 atom stereocenters. The Morgan fingerprint density at radius 3 is 2.94 bits per heavy atom. The lowest BCUT2D eigenvalue weighted by molar-refractivity contribution is -0.112. The van der Waals surface area contributed by atoms with Crippen LogP contribution in [0.4, 0.5) is 11.4 Å². The number of hydrogen-bond donors (Lipinski definition) is 3. The molecule has 2 fully saturated rings. The first-order chi connectivity index (χ1) is 15.4. The van der Waals surface area contributed by atoms with Gasteiger partial charge in [-0.1, -0.05) is 0 Å². The molecule has 32 heavy (non-hydrogen) atoms. The summed E-state index contributed by atoms with van der Waals surface area (Å²) in [4.78, 5) is 19.7. The Kier molecular flexibility index (Phi) is 5.04. The molecule has 4 aliphatic heterocycles. The number of amides is 1. The van der Waals surface area contributed by atoms with Crippen LogP contribution in [0.3, 0.4) is 0 Å². The molecule has 8 nitrogen and oxygen atoms in total. The molecule has 1 aromatic carbocycles. The number of carbonyl (C=O) groups is 1. The Balaban J connectivity index is 1.48. The average molecular weight is 436 g/mol. The second kappa shape index (κ2) is 7.78. The van der Waals surface area contributed by atoms with Crippen LogP contribution >= 0.6 is 0 Å². The molecule has 0 bridgehead atoms. The van der Waals surface area contributed by atoms with Gasteiger partial charge in [0.15, 0.2) is 0 Å². The van der Waals surface area contributed by atoms with Gasteiger partial charge in [-0.2, -0.15) is 0 Å². The Bertz CT molecular complexity index is 1050. The van der Waals surface area contributed by atoms with Gasteiger partial charge in [0.05, 0.1) is 23.6 Å². The molecular weight excluding hydrogens is 406 g/mol. The number of anilines is 2. The molecule has 4 heterocycles. The van der Waals surface area contributed by atoms with Crippen LogP contribution in [0, 0.1) is 10.8 Å². The van der Waals surface area contributed by atoms with Crippen LogP contribution in [-0.4, -0.2) is 50.2 Å². The molecule has 0 aliphatic carbocycles. The number of benzene rings is 1. The van der Waals surface area contributed by atoms with E-state index in [0.717, 1.165) is 74.5 Å². The number of nitrogens with one attached hydrogen (secondary N) is 3. The van der Waals surface area contributed by atoms with Gasteiger partial charge in [0.25, 0.3) is 5.91 Å². The van der Waals surface area contributed by atoms with Crippen molar-refractivity contribution in [2.24, 2.45) is 10.4 Å². The standard InChI is InChI=1S/C24H29N5O3/c1-23(2)12-16-10-18(28-22(30)17(13-25)21-26-6-3-7-27-21)19(11-20(16)32-23)29-8-4-24(14-29)5-9-31-15-24/h3,6-7,10-11,13,25-26H,4-5,8-9,12,14-15H2,1-2H3,(H,28,30)/b21-17-,25-13?/t24-/m1/s1. The molecule has 168 valence electrons. The van der Waals surface area contributed by atoms with Crippen LogP contribution < -0.4 is 20.3 Å². The normalized spacial score (nSPS) is 26.6. The van der Waals surface area contributed by atoms with Crippen molar-refractivity contribution in [3.63, 3.8) is 0 Å². The maximum atomic E-state index is 13.2. The van der Waals surface area contributed by atoms with Crippen LogP contribution in [0.25, 0.3) is 0 Å². The highest BCUT2D eigenvalue weighted by Gasteiger charge is 2.42. The van der Waals surface area contributed by atoms with Gasteiger partial charge in [-0.25, -0.2) is 4.99 Å². The molecule has 3 N–H and O–H groups in total. The van der Waals surface area contributed by atoms with Crippen molar-refractivity contribution in [1.29, 1.82) is 5.41 Å². The molecule has 0 aromatic heterocycles.